The summed E-state index contributed by atoms with van der Waals surface area (Å²) in [6.45, 7) is 4.14. The first-order valence-electron chi connectivity index (χ1n) is 8.84. The van der Waals surface area contributed by atoms with Crippen molar-refractivity contribution in [3.63, 3.8) is 0 Å². The van der Waals surface area contributed by atoms with Crippen molar-refractivity contribution in [1.29, 1.82) is 0 Å². The quantitative estimate of drug-likeness (QED) is 0.755. The fourth-order valence-corrected chi connectivity index (χ4v) is 3.86. The number of likely N-dealkylation sites (tertiary alicyclic amines) is 1. The molecule has 0 amide bonds. The molecule has 0 spiro atoms. The second-order valence-corrected chi connectivity index (χ2v) is 7.08. The SMILES string of the molecule is Cc1ccccc1[C@]1(O)CCN(Cc2cn[nH]c2-c2ccc(F)cc2)C1. The number of aliphatic hydroxyl groups is 1. The van der Waals surface area contributed by atoms with Gasteiger partial charge in [0.25, 0.3) is 0 Å². The van der Waals surface area contributed by atoms with Gasteiger partial charge in [0.2, 0.25) is 0 Å². The molecule has 134 valence electrons. The summed E-state index contributed by atoms with van der Waals surface area (Å²) in [6.07, 6.45) is 2.52. The zero-order valence-electron chi connectivity index (χ0n) is 14.7. The van der Waals surface area contributed by atoms with E-state index in [0.717, 1.165) is 34.5 Å². The summed E-state index contributed by atoms with van der Waals surface area (Å²) < 4.78 is 13.2. The molecule has 5 heteroatoms. The number of hydrogen-bond acceptors (Lipinski definition) is 3. The number of nitrogens with zero attached hydrogens (tertiary/aromatic N) is 2. The Balaban J connectivity index is 1.53. The van der Waals surface area contributed by atoms with Crippen molar-refractivity contribution in [3.8, 4) is 11.3 Å². The van der Waals surface area contributed by atoms with Gasteiger partial charge in [-0.3, -0.25) is 10.00 Å². The molecule has 1 aromatic heterocycles. The normalized spacial score (nSPS) is 20.6. The highest BCUT2D eigenvalue weighted by Crippen LogP contribution is 2.35. The molecule has 0 aliphatic carbocycles. The van der Waals surface area contributed by atoms with Crippen LogP contribution in [-0.4, -0.2) is 33.3 Å². The first-order chi connectivity index (χ1) is 12.5. The molecular formula is C21H22FN3O. The van der Waals surface area contributed by atoms with E-state index in [9.17, 15) is 9.50 Å². The number of aromatic amines is 1. The van der Waals surface area contributed by atoms with Crippen LogP contribution in [0.2, 0.25) is 0 Å². The Labute approximate surface area is 152 Å². The van der Waals surface area contributed by atoms with Crippen LogP contribution >= 0.6 is 0 Å². The Morgan fingerprint density at radius 1 is 1.19 bits per heavy atom. The van der Waals surface area contributed by atoms with E-state index in [1.165, 1.54) is 12.1 Å². The van der Waals surface area contributed by atoms with E-state index in [2.05, 4.69) is 15.1 Å². The number of nitrogens with one attached hydrogen (secondary N) is 1. The molecule has 0 radical (unpaired) electrons. The number of H-pyrrole nitrogens is 1. The third kappa shape index (κ3) is 3.16. The zero-order chi connectivity index (χ0) is 18.1. The predicted molar refractivity (Wildman–Crippen MR) is 99.0 cm³/mol. The van der Waals surface area contributed by atoms with Gasteiger partial charge in [-0.2, -0.15) is 5.10 Å². The van der Waals surface area contributed by atoms with Crippen LogP contribution in [0.3, 0.4) is 0 Å². The fraction of sp³-hybridized carbons (Fsp3) is 0.286. The molecule has 1 atom stereocenters. The monoisotopic (exact) mass is 351 g/mol. The van der Waals surface area contributed by atoms with Gasteiger partial charge in [0.15, 0.2) is 0 Å². The Bertz CT molecular complexity index is 906. The summed E-state index contributed by atoms with van der Waals surface area (Å²) in [5, 5.41) is 18.3. The van der Waals surface area contributed by atoms with Gasteiger partial charge in [0, 0.05) is 30.8 Å². The number of β-amino-alcohol motifs (C(OH)–C–C–N with tert-alkyl or cyclic N) is 1. The van der Waals surface area contributed by atoms with Crippen molar-refractivity contribution in [3.05, 3.63) is 77.2 Å². The first kappa shape index (κ1) is 16.9. The Kier molecular flexibility index (Phi) is 4.34. The van der Waals surface area contributed by atoms with E-state index in [4.69, 9.17) is 0 Å². The van der Waals surface area contributed by atoms with Crippen molar-refractivity contribution in [2.45, 2.75) is 25.5 Å². The molecule has 2 aromatic carbocycles. The van der Waals surface area contributed by atoms with Crippen LogP contribution in [0.25, 0.3) is 11.3 Å². The average molecular weight is 351 g/mol. The molecule has 1 aliphatic heterocycles. The molecule has 0 saturated carbocycles. The lowest BCUT2D eigenvalue weighted by Gasteiger charge is -2.25. The van der Waals surface area contributed by atoms with E-state index in [1.54, 1.807) is 12.1 Å². The molecule has 1 fully saturated rings. The summed E-state index contributed by atoms with van der Waals surface area (Å²) in [5.41, 5.74) is 4.17. The topological polar surface area (TPSA) is 52.1 Å². The van der Waals surface area contributed by atoms with Crippen LogP contribution in [0.5, 0.6) is 0 Å². The maximum absolute atomic E-state index is 13.2. The number of hydrogen-bond donors (Lipinski definition) is 2. The fourth-order valence-electron chi connectivity index (χ4n) is 3.86. The summed E-state index contributed by atoms with van der Waals surface area (Å²) in [4.78, 5) is 2.24. The Morgan fingerprint density at radius 2 is 1.96 bits per heavy atom. The molecule has 2 N–H and O–H groups in total. The highest BCUT2D eigenvalue weighted by atomic mass is 19.1. The van der Waals surface area contributed by atoms with Crippen molar-refractivity contribution in [2.24, 2.45) is 0 Å². The lowest BCUT2D eigenvalue weighted by atomic mass is 9.89. The van der Waals surface area contributed by atoms with Crippen LogP contribution < -0.4 is 0 Å². The summed E-state index contributed by atoms with van der Waals surface area (Å²) in [6, 6.07) is 14.4. The first-order valence-corrected chi connectivity index (χ1v) is 8.84. The number of halogens is 1. The Morgan fingerprint density at radius 3 is 2.73 bits per heavy atom. The minimum atomic E-state index is -0.814. The van der Waals surface area contributed by atoms with E-state index < -0.39 is 5.60 Å². The van der Waals surface area contributed by atoms with E-state index in [-0.39, 0.29) is 5.82 Å². The van der Waals surface area contributed by atoms with Crippen molar-refractivity contribution in [2.75, 3.05) is 13.1 Å². The summed E-state index contributed by atoms with van der Waals surface area (Å²) >= 11 is 0. The van der Waals surface area contributed by atoms with Gasteiger partial charge in [0.1, 0.15) is 11.4 Å². The van der Waals surface area contributed by atoms with Crippen LogP contribution in [0.15, 0.2) is 54.7 Å². The van der Waals surface area contributed by atoms with E-state index in [0.29, 0.717) is 19.5 Å². The highest BCUT2D eigenvalue weighted by Gasteiger charge is 2.38. The molecule has 1 aliphatic rings. The molecule has 4 nitrogen and oxygen atoms in total. The maximum atomic E-state index is 13.2. The minimum Gasteiger partial charge on any atom is -0.384 e. The number of benzene rings is 2. The third-order valence-electron chi connectivity index (χ3n) is 5.22. The van der Waals surface area contributed by atoms with Crippen LogP contribution in [0.4, 0.5) is 4.39 Å². The van der Waals surface area contributed by atoms with E-state index in [1.807, 2.05) is 37.4 Å². The van der Waals surface area contributed by atoms with Crippen LogP contribution in [0.1, 0.15) is 23.1 Å². The molecule has 4 rings (SSSR count). The largest absolute Gasteiger partial charge is 0.384 e. The van der Waals surface area contributed by atoms with Gasteiger partial charge in [-0.1, -0.05) is 24.3 Å². The highest BCUT2D eigenvalue weighted by molar-refractivity contribution is 5.62. The molecule has 26 heavy (non-hydrogen) atoms. The van der Waals surface area contributed by atoms with Crippen molar-refractivity contribution >= 4 is 0 Å². The maximum Gasteiger partial charge on any atom is 0.123 e. The molecule has 0 unspecified atom stereocenters. The van der Waals surface area contributed by atoms with E-state index >= 15 is 0 Å². The molecular weight excluding hydrogens is 329 g/mol. The minimum absolute atomic E-state index is 0.252. The second-order valence-electron chi connectivity index (χ2n) is 7.08. The van der Waals surface area contributed by atoms with Crippen LogP contribution in [0, 0.1) is 12.7 Å². The number of rotatable bonds is 4. The molecule has 2 heterocycles. The number of aromatic nitrogens is 2. The smallest absolute Gasteiger partial charge is 0.123 e. The van der Waals surface area contributed by atoms with Gasteiger partial charge in [-0.15, -0.1) is 0 Å². The Hall–Kier alpha value is -2.50. The summed E-state index contributed by atoms with van der Waals surface area (Å²) in [7, 11) is 0. The third-order valence-corrected chi connectivity index (χ3v) is 5.22. The zero-order valence-corrected chi connectivity index (χ0v) is 14.7. The van der Waals surface area contributed by atoms with Gasteiger partial charge in [-0.05, 0) is 48.7 Å². The second kappa shape index (κ2) is 6.67. The molecule has 1 saturated heterocycles. The standard InChI is InChI=1S/C21H22FN3O/c1-15-4-2-3-5-19(15)21(26)10-11-25(14-21)13-17-12-23-24-20(17)16-6-8-18(22)9-7-16/h2-9,12,26H,10-11,13-14H2,1H3,(H,23,24)/t21-/m0/s1. The van der Waals surface area contributed by atoms with Crippen molar-refractivity contribution < 1.29 is 9.50 Å². The molecule has 0 bridgehead atoms. The van der Waals surface area contributed by atoms with Crippen LogP contribution in [-0.2, 0) is 12.1 Å². The van der Waals surface area contributed by atoms with Gasteiger partial charge in [0.05, 0.1) is 11.9 Å². The predicted octanol–water partition coefficient (Wildman–Crippen LogP) is 3.62. The lowest BCUT2D eigenvalue weighted by molar-refractivity contribution is 0.0447. The van der Waals surface area contributed by atoms with Gasteiger partial charge < -0.3 is 5.11 Å². The van der Waals surface area contributed by atoms with Gasteiger partial charge in [-0.25, -0.2) is 4.39 Å². The van der Waals surface area contributed by atoms with Gasteiger partial charge >= 0.3 is 0 Å². The molecule has 3 aromatic rings. The number of aryl methyl sites for hydroxylation is 1. The summed E-state index contributed by atoms with van der Waals surface area (Å²) in [5.74, 6) is -0.252. The van der Waals surface area contributed by atoms with Crippen molar-refractivity contribution in [1.82, 2.24) is 15.1 Å². The average Bonchev–Trinajstić information content (AvgIpc) is 3.24. The lowest BCUT2D eigenvalue weighted by Crippen LogP contribution is -2.31.